The summed E-state index contributed by atoms with van der Waals surface area (Å²) < 4.78 is 0. The van der Waals surface area contributed by atoms with Crippen molar-refractivity contribution < 1.29 is 0 Å². The first-order chi connectivity index (χ1) is 8.22. The van der Waals surface area contributed by atoms with E-state index in [1.807, 2.05) is 0 Å². The molecule has 1 aliphatic rings. The molecule has 0 saturated heterocycles. The van der Waals surface area contributed by atoms with Crippen molar-refractivity contribution in [3.63, 3.8) is 0 Å². The maximum Gasteiger partial charge on any atom is 0.00584 e. The lowest BCUT2D eigenvalue weighted by atomic mass is 9.86. The van der Waals surface area contributed by atoms with Gasteiger partial charge in [-0.05, 0) is 42.9 Å². The van der Waals surface area contributed by atoms with Crippen LogP contribution in [0.25, 0.3) is 0 Å². The summed E-state index contributed by atoms with van der Waals surface area (Å²) in [6.07, 6.45) is 10.2. The standard InChI is InChI=1S/C17H22/c1-4-14-10-15(5-2)12-17(11-14)16-8-6-7-13(3)9-16/h6-8,10-12,16H,4-5,9H2,1-3H3. The van der Waals surface area contributed by atoms with Gasteiger partial charge in [0.25, 0.3) is 0 Å². The van der Waals surface area contributed by atoms with E-state index in [-0.39, 0.29) is 0 Å². The molecule has 0 aromatic heterocycles. The van der Waals surface area contributed by atoms with Crippen LogP contribution in [0.3, 0.4) is 0 Å². The van der Waals surface area contributed by atoms with Crippen molar-refractivity contribution in [3.8, 4) is 0 Å². The molecule has 17 heavy (non-hydrogen) atoms. The van der Waals surface area contributed by atoms with E-state index in [0.29, 0.717) is 5.92 Å². The van der Waals surface area contributed by atoms with Crippen molar-refractivity contribution in [1.29, 1.82) is 0 Å². The molecule has 0 heterocycles. The van der Waals surface area contributed by atoms with Crippen LogP contribution >= 0.6 is 0 Å². The molecule has 1 aliphatic carbocycles. The molecule has 0 nitrogen and oxygen atoms in total. The molecule has 90 valence electrons. The second kappa shape index (κ2) is 5.35. The number of benzene rings is 1. The van der Waals surface area contributed by atoms with Crippen molar-refractivity contribution in [3.05, 3.63) is 58.7 Å². The SMILES string of the molecule is CCc1cc(CC)cc(C2C=CC=C(C)C2)c1. The fourth-order valence-electron chi connectivity index (χ4n) is 2.48. The maximum atomic E-state index is 2.38. The third kappa shape index (κ3) is 2.88. The zero-order chi connectivity index (χ0) is 12.3. The predicted octanol–water partition coefficient (Wildman–Crippen LogP) is 4.80. The van der Waals surface area contributed by atoms with Crippen LogP contribution in [0.4, 0.5) is 0 Å². The predicted molar refractivity (Wildman–Crippen MR) is 75.5 cm³/mol. The largest absolute Gasteiger partial charge is 0.0767 e. The average molecular weight is 226 g/mol. The Hall–Kier alpha value is -1.30. The van der Waals surface area contributed by atoms with E-state index in [0.717, 1.165) is 12.8 Å². The Morgan fingerprint density at radius 1 is 1.06 bits per heavy atom. The Balaban J connectivity index is 2.32. The van der Waals surface area contributed by atoms with Crippen LogP contribution in [0.2, 0.25) is 0 Å². The minimum atomic E-state index is 0.580. The fraction of sp³-hybridized carbons (Fsp3) is 0.412. The molecule has 0 aliphatic heterocycles. The summed E-state index contributed by atoms with van der Waals surface area (Å²) in [5.74, 6) is 0.580. The lowest BCUT2D eigenvalue weighted by molar-refractivity contribution is 0.808. The van der Waals surface area contributed by atoms with E-state index in [9.17, 15) is 0 Å². The summed E-state index contributed by atoms with van der Waals surface area (Å²) in [5, 5.41) is 0. The summed E-state index contributed by atoms with van der Waals surface area (Å²) >= 11 is 0. The van der Waals surface area contributed by atoms with E-state index in [1.54, 1.807) is 0 Å². The average Bonchev–Trinajstić information content (AvgIpc) is 2.38. The van der Waals surface area contributed by atoms with Gasteiger partial charge in [0.15, 0.2) is 0 Å². The molecule has 0 N–H and O–H groups in total. The lowest BCUT2D eigenvalue weighted by Crippen LogP contribution is -2.01. The Labute approximate surface area is 105 Å². The highest BCUT2D eigenvalue weighted by atomic mass is 14.2. The molecular formula is C17H22. The van der Waals surface area contributed by atoms with Gasteiger partial charge in [-0.2, -0.15) is 0 Å². The van der Waals surface area contributed by atoms with Crippen LogP contribution in [-0.2, 0) is 12.8 Å². The third-order valence-corrected chi connectivity index (χ3v) is 3.59. The molecule has 0 bridgehead atoms. The van der Waals surface area contributed by atoms with Gasteiger partial charge in [0.05, 0.1) is 0 Å². The van der Waals surface area contributed by atoms with Crippen molar-refractivity contribution in [2.24, 2.45) is 0 Å². The van der Waals surface area contributed by atoms with Gasteiger partial charge in [0, 0.05) is 5.92 Å². The number of hydrogen-bond acceptors (Lipinski definition) is 0. The van der Waals surface area contributed by atoms with Crippen LogP contribution < -0.4 is 0 Å². The monoisotopic (exact) mass is 226 g/mol. The minimum absolute atomic E-state index is 0.580. The Morgan fingerprint density at radius 2 is 1.71 bits per heavy atom. The van der Waals surface area contributed by atoms with Crippen molar-refractivity contribution in [2.45, 2.75) is 46.0 Å². The fourth-order valence-corrected chi connectivity index (χ4v) is 2.48. The Morgan fingerprint density at radius 3 is 2.24 bits per heavy atom. The zero-order valence-electron chi connectivity index (χ0n) is 11.2. The highest BCUT2D eigenvalue weighted by Gasteiger charge is 2.12. The molecule has 0 amide bonds. The lowest BCUT2D eigenvalue weighted by Gasteiger charge is -2.18. The smallest absolute Gasteiger partial charge is 0.00584 e. The van der Waals surface area contributed by atoms with Gasteiger partial charge in [-0.3, -0.25) is 0 Å². The Bertz CT molecular complexity index is 427. The molecule has 0 heteroatoms. The van der Waals surface area contributed by atoms with Gasteiger partial charge >= 0.3 is 0 Å². The molecule has 1 atom stereocenters. The van der Waals surface area contributed by atoms with Gasteiger partial charge in [0.1, 0.15) is 0 Å². The summed E-state index contributed by atoms with van der Waals surface area (Å²) in [5.41, 5.74) is 5.92. The van der Waals surface area contributed by atoms with Gasteiger partial charge in [-0.15, -0.1) is 0 Å². The Kier molecular flexibility index (Phi) is 3.83. The normalized spacial score (nSPS) is 19.2. The zero-order valence-corrected chi connectivity index (χ0v) is 11.2. The van der Waals surface area contributed by atoms with E-state index >= 15 is 0 Å². The van der Waals surface area contributed by atoms with Crippen molar-refractivity contribution >= 4 is 0 Å². The van der Waals surface area contributed by atoms with Crippen molar-refractivity contribution in [2.75, 3.05) is 0 Å². The maximum absolute atomic E-state index is 2.38. The number of hydrogen-bond donors (Lipinski definition) is 0. The van der Waals surface area contributed by atoms with E-state index in [1.165, 1.54) is 28.7 Å². The first-order valence-corrected chi connectivity index (χ1v) is 6.69. The number of rotatable bonds is 3. The molecule has 1 unspecified atom stereocenters. The molecule has 1 aromatic carbocycles. The number of aryl methyl sites for hydroxylation is 2. The van der Waals surface area contributed by atoms with Gasteiger partial charge in [-0.25, -0.2) is 0 Å². The molecule has 1 aromatic rings. The molecule has 0 saturated carbocycles. The summed E-state index contributed by atoms with van der Waals surface area (Å²) in [6.45, 7) is 6.70. The van der Waals surface area contributed by atoms with E-state index < -0.39 is 0 Å². The van der Waals surface area contributed by atoms with Crippen LogP contribution in [-0.4, -0.2) is 0 Å². The molecule has 0 spiro atoms. The first-order valence-electron chi connectivity index (χ1n) is 6.69. The van der Waals surface area contributed by atoms with Gasteiger partial charge in [-0.1, -0.05) is 55.8 Å². The molecule has 0 fully saturated rings. The highest BCUT2D eigenvalue weighted by Crippen LogP contribution is 2.29. The number of allylic oxidation sites excluding steroid dienone is 4. The quantitative estimate of drug-likeness (QED) is 0.694. The molecule has 2 rings (SSSR count). The third-order valence-electron chi connectivity index (χ3n) is 3.59. The van der Waals surface area contributed by atoms with E-state index in [4.69, 9.17) is 0 Å². The molecule has 0 radical (unpaired) electrons. The molecular weight excluding hydrogens is 204 g/mol. The minimum Gasteiger partial charge on any atom is -0.0767 e. The summed E-state index contributed by atoms with van der Waals surface area (Å²) in [7, 11) is 0. The highest BCUT2D eigenvalue weighted by molar-refractivity contribution is 5.37. The topological polar surface area (TPSA) is 0 Å². The van der Waals surface area contributed by atoms with Crippen molar-refractivity contribution in [1.82, 2.24) is 0 Å². The second-order valence-corrected chi connectivity index (χ2v) is 5.00. The second-order valence-electron chi connectivity index (χ2n) is 5.00. The summed E-state index contributed by atoms with van der Waals surface area (Å²) in [6, 6.07) is 7.11. The van der Waals surface area contributed by atoms with Crippen LogP contribution in [0.15, 0.2) is 42.0 Å². The summed E-state index contributed by atoms with van der Waals surface area (Å²) in [4.78, 5) is 0. The van der Waals surface area contributed by atoms with Crippen LogP contribution in [0.1, 0.15) is 49.8 Å². The van der Waals surface area contributed by atoms with Gasteiger partial charge in [0.2, 0.25) is 0 Å². The van der Waals surface area contributed by atoms with Crippen LogP contribution in [0, 0.1) is 0 Å². The van der Waals surface area contributed by atoms with Crippen LogP contribution in [0.5, 0.6) is 0 Å². The van der Waals surface area contributed by atoms with Gasteiger partial charge < -0.3 is 0 Å². The van der Waals surface area contributed by atoms with E-state index in [2.05, 4.69) is 57.2 Å². The first kappa shape index (κ1) is 12.2.